The number of carboxylic acid groups (broad SMARTS) is 1. The highest BCUT2D eigenvalue weighted by molar-refractivity contribution is 7.20. The Morgan fingerprint density at radius 3 is 2.58 bits per heavy atom. The van der Waals surface area contributed by atoms with Gasteiger partial charge in [-0.05, 0) is 29.7 Å². The number of guanidine groups is 2. The van der Waals surface area contributed by atoms with Gasteiger partial charge in [0, 0.05) is 4.70 Å². The number of hydrogen-bond donors (Lipinski definition) is 4. The van der Waals surface area contributed by atoms with Crippen LogP contribution in [0.4, 0.5) is 5.69 Å². The summed E-state index contributed by atoms with van der Waals surface area (Å²) in [5.74, 6) is -1.19. The van der Waals surface area contributed by atoms with E-state index in [0.29, 0.717) is 5.69 Å². The molecule has 2 aromatic rings. The molecule has 0 aliphatic heterocycles. The van der Waals surface area contributed by atoms with Crippen LogP contribution in [0.3, 0.4) is 0 Å². The van der Waals surface area contributed by atoms with Crippen molar-refractivity contribution in [2.45, 2.75) is 0 Å². The Hall–Kier alpha value is -2.61. The Labute approximate surface area is 112 Å². The third-order valence-corrected chi connectivity index (χ3v) is 3.30. The van der Waals surface area contributed by atoms with Crippen molar-refractivity contribution in [3.05, 3.63) is 29.1 Å². The van der Waals surface area contributed by atoms with Crippen molar-refractivity contribution in [3.8, 4) is 0 Å². The lowest BCUT2D eigenvalue weighted by atomic mass is 10.2. The maximum Gasteiger partial charge on any atom is 0.345 e. The van der Waals surface area contributed by atoms with Crippen molar-refractivity contribution >= 4 is 45.0 Å². The summed E-state index contributed by atoms with van der Waals surface area (Å²) < 4.78 is 0.858. The molecule has 0 spiro atoms. The van der Waals surface area contributed by atoms with Crippen LogP contribution in [0.25, 0.3) is 10.1 Å². The van der Waals surface area contributed by atoms with E-state index in [1.54, 1.807) is 24.3 Å². The van der Waals surface area contributed by atoms with Gasteiger partial charge in [-0.15, -0.1) is 11.3 Å². The van der Waals surface area contributed by atoms with E-state index >= 15 is 0 Å². The van der Waals surface area contributed by atoms with Crippen LogP contribution in [0.2, 0.25) is 0 Å². The summed E-state index contributed by atoms with van der Waals surface area (Å²) in [6.07, 6.45) is 0. The first-order valence-corrected chi connectivity index (χ1v) is 5.98. The summed E-state index contributed by atoms with van der Waals surface area (Å²) in [4.78, 5) is 18.7. The number of aliphatic imine (C=N–C) groups is 2. The molecule has 1 aromatic carbocycles. The fraction of sp³-hybridized carbons (Fsp3) is 0. The van der Waals surface area contributed by atoms with Crippen molar-refractivity contribution in [2.24, 2.45) is 27.2 Å². The zero-order valence-electron chi connectivity index (χ0n) is 9.70. The Morgan fingerprint density at radius 2 is 1.95 bits per heavy atom. The molecular weight excluding hydrogens is 266 g/mol. The van der Waals surface area contributed by atoms with Crippen LogP contribution in [-0.4, -0.2) is 23.0 Å². The molecule has 0 radical (unpaired) electrons. The molecule has 0 bridgehead atoms. The molecule has 0 aliphatic carbocycles. The molecule has 0 saturated carbocycles. The second kappa shape index (κ2) is 4.94. The van der Waals surface area contributed by atoms with E-state index in [1.165, 1.54) is 11.3 Å². The van der Waals surface area contributed by atoms with Crippen LogP contribution in [0, 0.1) is 0 Å². The minimum atomic E-state index is -0.953. The van der Waals surface area contributed by atoms with E-state index in [1.807, 2.05) is 0 Å². The minimum Gasteiger partial charge on any atom is -0.477 e. The first-order valence-electron chi connectivity index (χ1n) is 5.16. The van der Waals surface area contributed by atoms with Gasteiger partial charge in [0.05, 0.1) is 5.69 Å². The van der Waals surface area contributed by atoms with Gasteiger partial charge in [0.2, 0.25) is 5.96 Å². The number of thiophene rings is 1. The van der Waals surface area contributed by atoms with E-state index < -0.39 is 5.97 Å². The quantitative estimate of drug-likeness (QED) is 0.475. The molecule has 7 nitrogen and oxygen atoms in total. The Morgan fingerprint density at radius 1 is 1.21 bits per heavy atom. The fourth-order valence-corrected chi connectivity index (χ4v) is 2.38. The maximum atomic E-state index is 10.9. The summed E-state index contributed by atoms with van der Waals surface area (Å²) in [5, 5.41) is 9.70. The van der Waals surface area contributed by atoms with Gasteiger partial charge < -0.3 is 22.3 Å². The molecule has 7 N–H and O–H groups in total. The third kappa shape index (κ3) is 2.99. The highest BCUT2D eigenvalue weighted by Gasteiger charge is 2.08. The highest BCUT2D eigenvalue weighted by Crippen LogP contribution is 2.29. The topological polar surface area (TPSA) is 140 Å². The minimum absolute atomic E-state index is 0.0620. The average molecular weight is 277 g/mol. The first-order chi connectivity index (χ1) is 8.95. The number of hydrogen-bond acceptors (Lipinski definition) is 3. The molecule has 0 aliphatic rings. The van der Waals surface area contributed by atoms with Gasteiger partial charge in [-0.3, -0.25) is 0 Å². The van der Waals surface area contributed by atoms with Gasteiger partial charge in [-0.1, -0.05) is 0 Å². The lowest BCUT2D eigenvalue weighted by Gasteiger charge is -1.96. The summed E-state index contributed by atoms with van der Waals surface area (Å²) in [6.45, 7) is 0. The maximum absolute atomic E-state index is 10.9. The molecule has 2 rings (SSSR count). The summed E-state index contributed by atoms with van der Waals surface area (Å²) >= 11 is 1.20. The average Bonchev–Trinajstić information content (AvgIpc) is 2.70. The number of benzene rings is 1. The zero-order chi connectivity index (χ0) is 14.0. The predicted octanol–water partition coefficient (Wildman–Crippen LogP) is 0.819. The third-order valence-electron chi connectivity index (χ3n) is 2.20. The van der Waals surface area contributed by atoms with Crippen molar-refractivity contribution in [1.29, 1.82) is 0 Å². The SMILES string of the molecule is NC(N)=NC(N)=Nc1ccc2sc(C(=O)O)cc2c1. The van der Waals surface area contributed by atoms with Gasteiger partial charge in [-0.2, -0.15) is 4.99 Å². The summed E-state index contributed by atoms with van der Waals surface area (Å²) in [6, 6.07) is 6.78. The molecule has 19 heavy (non-hydrogen) atoms. The molecule has 0 amide bonds. The van der Waals surface area contributed by atoms with Crippen LogP contribution < -0.4 is 17.2 Å². The van der Waals surface area contributed by atoms with E-state index in [0.717, 1.165) is 10.1 Å². The lowest BCUT2D eigenvalue weighted by Crippen LogP contribution is -2.26. The monoisotopic (exact) mass is 277 g/mol. The Balaban J connectivity index is 2.41. The molecule has 8 heteroatoms. The Kier molecular flexibility index (Phi) is 3.34. The van der Waals surface area contributed by atoms with Gasteiger partial charge in [0.1, 0.15) is 4.88 Å². The largest absolute Gasteiger partial charge is 0.477 e. The van der Waals surface area contributed by atoms with E-state index in [4.69, 9.17) is 22.3 Å². The number of nitrogens with zero attached hydrogens (tertiary/aromatic N) is 2. The molecule has 0 saturated heterocycles. The van der Waals surface area contributed by atoms with Crippen LogP contribution in [0.1, 0.15) is 9.67 Å². The van der Waals surface area contributed by atoms with Crippen molar-refractivity contribution in [1.82, 2.24) is 0 Å². The number of carbonyl (C=O) groups is 1. The number of carboxylic acids is 1. The molecule has 0 fully saturated rings. The van der Waals surface area contributed by atoms with E-state index in [9.17, 15) is 4.79 Å². The smallest absolute Gasteiger partial charge is 0.345 e. The van der Waals surface area contributed by atoms with Crippen LogP contribution in [-0.2, 0) is 0 Å². The standard InChI is InChI=1S/C11H11N5O2S/c12-10(13)16-11(14)15-6-1-2-7-5(3-6)4-8(19-7)9(17)18/h1-4H,(H,17,18)(H6,12,13,14,15,16). The van der Waals surface area contributed by atoms with Gasteiger partial charge >= 0.3 is 5.97 Å². The molecule has 0 unspecified atom stereocenters. The molecule has 1 heterocycles. The number of aromatic carboxylic acids is 1. The second-order valence-corrected chi connectivity index (χ2v) is 4.73. The van der Waals surface area contributed by atoms with Crippen LogP contribution in [0.5, 0.6) is 0 Å². The normalized spacial score (nSPS) is 11.5. The van der Waals surface area contributed by atoms with Crippen molar-refractivity contribution < 1.29 is 9.90 Å². The van der Waals surface area contributed by atoms with Crippen LogP contribution in [0.15, 0.2) is 34.3 Å². The molecule has 98 valence electrons. The Bertz CT molecular complexity index is 700. The lowest BCUT2D eigenvalue weighted by molar-refractivity contribution is 0.0702. The number of nitrogens with two attached hydrogens (primary N) is 3. The number of rotatable bonds is 2. The van der Waals surface area contributed by atoms with Crippen molar-refractivity contribution in [2.75, 3.05) is 0 Å². The zero-order valence-corrected chi connectivity index (χ0v) is 10.5. The first kappa shape index (κ1) is 12.8. The van der Waals surface area contributed by atoms with Gasteiger partial charge in [0.15, 0.2) is 5.96 Å². The van der Waals surface area contributed by atoms with Gasteiger partial charge in [0.25, 0.3) is 0 Å². The predicted molar refractivity (Wildman–Crippen MR) is 75.9 cm³/mol. The molecular formula is C11H11N5O2S. The summed E-state index contributed by atoms with van der Waals surface area (Å²) in [7, 11) is 0. The van der Waals surface area contributed by atoms with Gasteiger partial charge in [-0.25, -0.2) is 9.79 Å². The summed E-state index contributed by atoms with van der Waals surface area (Å²) in [5.41, 5.74) is 16.4. The molecule has 0 atom stereocenters. The van der Waals surface area contributed by atoms with Crippen molar-refractivity contribution in [3.63, 3.8) is 0 Å². The van der Waals surface area contributed by atoms with E-state index in [-0.39, 0.29) is 16.8 Å². The van der Waals surface area contributed by atoms with E-state index in [2.05, 4.69) is 9.98 Å². The molecule has 1 aromatic heterocycles. The number of fused-ring (bicyclic) bond motifs is 1. The highest BCUT2D eigenvalue weighted by atomic mass is 32.1. The fourth-order valence-electron chi connectivity index (χ4n) is 1.50. The second-order valence-electron chi connectivity index (χ2n) is 3.64. The van der Waals surface area contributed by atoms with Crippen LogP contribution >= 0.6 is 11.3 Å².